The second kappa shape index (κ2) is 8.73. The molecule has 0 saturated carbocycles. The van der Waals surface area contributed by atoms with Crippen molar-refractivity contribution in [3.05, 3.63) is 64.9 Å². The lowest BCUT2D eigenvalue weighted by atomic mass is 10.1. The van der Waals surface area contributed by atoms with Crippen LogP contribution in [0.2, 0.25) is 0 Å². The van der Waals surface area contributed by atoms with Gasteiger partial charge in [0.2, 0.25) is 5.91 Å². The van der Waals surface area contributed by atoms with Gasteiger partial charge in [0.15, 0.2) is 0 Å². The number of halogens is 1. The average Bonchev–Trinajstić information content (AvgIpc) is 3.05. The minimum atomic E-state index is -1.07. The number of aromatic nitrogens is 1. The lowest BCUT2D eigenvalue weighted by Gasteiger charge is -2.21. The lowest BCUT2D eigenvalue weighted by Crippen LogP contribution is -2.35. The van der Waals surface area contributed by atoms with Crippen LogP contribution in [0.4, 0.5) is 4.39 Å². The van der Waals surface area contributed by atoms with Crippen LogP contribution in [0.15, 0.2) is 48.5 Å². The van der Waals surface area contributed by atoms with Crippen LogP contribution >= 0.6 is 11.3 Å². The van der Waals surface area contributed by atoms with Gasteiger partial charge in [-0.1, -0.05) is 24.3 Å². The number of carbonyl (C=O) groups excluding carboxylic acids is 1. The van der Waals surface area contributed by atoms with Crippen LogP contribution in [0.3, 0.4) is 0 Å². The van der Waals surface area contributed by atoms with E-state index in [-0.39, 0.29) is 31.2 Å². The van der Waals surface area contributed by atoms with Crippen LogP contribution in [0.25, 0.3) is 10.2 Å². The van der Waals surface area contributed by atoms with E-state index in [1.165, 1.54) is 17.0 Å². The number of hydrogen-bond acceptors (Lipinski definition) is 4. The molecule has 1 aromatic heterocycles. The smallest absolute Gasteiger partial charge is 0.323 e. The molecule has 5 nitrogen and oxygen atoms in total. The summed E-state index contributed by atoms with van der Waals surface area (Å²) in [5, 5.41) is 10.0. The number of para-hydroxylation sites is 1. The molecular weight excluding hydrogens is 367 g/mol. The number of carboxylic acids is 1. The first-order valence-electron chi connectivity index (χ1n) is 8.60. The van der Waals surface area contributed by atoms with Gasteiger partial charge in [0, 0.05) is 13.0 Å². The van der Waals surface area contributed by atoms with Gasteiger partial charge in [0.25, 0.3) is 0 Å². The predicted molar refractivity (Wildman–Crippen MR) is 102 cm³/mol. The van der Waals surface area contributed by atoms with Gasteiger partial charge in [0.05, 0.1) is 15.2 Å². The summed E-state index contributed by atoms with van der Waals surface area (Å²) >= 11 is 1.61. The van der Waals surface area contributed by atoms with Gasteiger partial charge in [-0.15, -0.1) is 11.3 Å². The first-order chi connectivity index (χ1) is 13.0. The molecular formula is C20H19FN2O3S. The van der Waals surface area contributed by atoms with Crippen LogP contribution in [-0.2, 0) is 22.6 Å². The molecule has 0 aliphatic rings. The quantitative estimate of drug-likeness (QED) is 0.638. The summed E-state index contributed by atoms with van der Waals surface area (Å²) in [5.74, 6) is -1.68. The molecule has 0 atom stereocenters. The fourth-order valence-electron chi connectivity index (χ4n) is 2.78. The molecule has 0 unspecified atom stereocenters. The van der Waals surface area contributed by atoms with Gasteiger partial charge < -0.3 is 10.0 Å². The second-order valence-electron chi connectivity index (χ2n) is 6.20. The minimum Gasteiger partial charge on any atom is -0.480 e. The summed E-state index contributed by atoms with van der Waals surface area (Å²) in [7, 11) is 0. The second-order valence-corrected chi connectivity index (χ2v) is 7.31. The molecule has 3 rings (SSSR count). The van der Waals surface area contributed by atoms with Gasteiger partial charge in [-0.25, -0.2) is 9.37 Å². The molecule has 140 valence electrons. The molecule has 3 aromatic rings. The maximum atomic E-state index is 13.0. The van der Waals surface area contributed by atoms with Crippen molar-refractivity contribution in [3.8, 4) is 0 Å². The van der Waals surface area contributed by atoms with E-state index in [0.717, 1.165) is 15.2 Å². The molecule has 0 bridgehead atoms. The number of carboxylic acid groups (broad SMARTS) is 1. The number of carbonyl (C=O) groups is 2. The van der Waals surface area contributed by atoms with Crippen LogP contribution in [0.5, 0.6) is 0 Å². The van der Waals surface area contributed by atoms with E-state index in [1.54, 1.807) is 23.5 Å². The standard InChI is InChI=1S/C20H19FN2O3S/c21-15-10-8-14(9-11-15)12-23(13-20(25)26)19(24)7-3-6-18-22-16-4-1-2-5-17(16)27-18/h1-2,4-5,8-11H,3,6-7,12-13H2,(H,25,26). The SMILES string of the molecule is O=C(O)CN(Cc1ccc(F)cc1)C(=O)CCCc1nc2ccccc2s1. The summed E-state index contributed by atoms with van der Waals surface area (Å²) in [5.41, 5.74) is 1.64. The Morgan fingerprint density at radius 1 is 1.11 bits per heavy atom. The summed E-state index contributed by atoms with van der Waals surface area (Å²) < 4.78 is 14.1. The average molecular weight is 386 g/mol. The summed E-state index contributed by atoms with van der Waals surface area (Å²) in [6.07, 6.45) is 1.51. The molecule has 1 heterocycles. The van der Waals surface area contributed by atoms with Crippen molar-refractivity contribution in [2.45, 2.75) is 25.8 Å². The van der Waals surface area contributed by atoms with E-state index >= 15 is 0 Å². The van der Waals surface area contributed by atoms with Gasteiger partial charge in [0.1, 0.15) is 12.4 Å². The highest BCUT2D eigenvalue weighted by atomic mass is 32.1. The van der Waals surface area contributed by atoms with E-state index < -0.39 is 5.97 Å². The normalized spacial score (nSPS) is 10.9. The number of amides is 1. The largest absolute Gasteiger partial charge is 0.480 e. The first-order valence-corrected chi connectivity index (χ1v) is 9.41. The Hall–Kier alpha value is -2.80. The number of rotatable bonds is 8. The van der Waals surface area contributed by atoms with E-state index in [2.05, 4.69) is 4.98 Å². The Morgan fingerprint density at radius 2 is 1.85 bits per heavy atom. The van der Waals surface area contributed by atoms with Crippen molar-refractivity contribution in [2.24, 2.45) is 0 Å². The van der Waals surface area contributed by atoms with Crippen molar-refractivity contribution in [1.82, 2.24) is 9.88 Å². The zero-order valence-electron chi connectivity index (χ0n) is 14.6. The van der Waals surface area contributed by atoms with Crippen molar-refractivity contribution in [2.75, 3.05) is 6.54 Å². The minimum absolute atomic E-state index is 0.145. The fourth-order valence-corrected chi connectivity index (χ4v) is 3.79. The third-order valence-electron chi connectivity index (χ3n) is 4.08. The molecule has 0 aliphatic heterocycles. The fraction of sp³-hybridized carbons (Fsp3) is 0.250. The number of fused-ring (bicyclic) bond motifs is 1. The van der Waals surface area contributed by atoms with E-state index in [0.29, 0.717) is 18.4 Å². The van der Waals surface area contributed by atoms with Gasteiger partial charge >= 0.3 is 5.97 Å². The van der Waals surface area contributed by atoms with Crippen LogP contribution in [0, 0.1) is 5.82 Å². The molecule has 0 aliphatic carbocycles. The van der Waals surface area contributed by atoms with Crippen molar-refractivity contribution < 1.29 is 19.1 Å². The first kappa shape index (κ1) is 19.0. The summed E-state index contributed by atoms with van der Waals surface area (Å²) in [4.78, 5) is 29.4. The van der Waals surface area contributed by atoms with E-state index in [4.69, 9.17) is 5.11 Å². The Balaban J connectivity index is 1.58. The van der Waals surface area contributed by atoms with Gasteiger partial charge in [-0.2, -0.15) is 0 Å². The lowest BCUT2D eigenvalue weighted by molar-refractivity contribution is -0.144. The Labute approximate surface area is 160 Å². The number of hydrogen-bond donors (Lipinski definition) is 1. The molecule has 0 fully saturated rings. The Kier molecular flexibility index (Phi) is 6.13. The van der Waals surface area contributed by atoms with Gasteiger partial charge in [-0.05, 0) is 42.7 Å². The van der Waals surface area contributed by atoms with Crippen molar-refractivity contribution >= 4 is 33.4 Å². The summed E-state index contributed by atoms with van der Waals surface area (Å²) in [6.45, 7) is -0.232. The number of thiazole rings is 1. The highest BCUT2D eigenvalue weighted by Crippen LogP contribution is 2.23. The summed E-state index contributed by atoms with van der Waals surface area (Å²) in [6, 6.07) is 13.6. The number of aliphatic carboxylic acids is 1. The predicted octanol–water partition coefficient (Wildman–Crippen LogP) is 3.87. The topological polar surface area (TPSA) is 70.5 Å². The Morgan fingerprint density at radius 3 is 2.56 bits per heavy atom. The van der Waals surface area contributed by atoms with E-state index in [9.17, 15) is 14.0 Å². The van der Waals surface area contributed by atoms with Crippen molar-refractivity contribution in [1.29, 1.82) is 0 Å². The van der Waals surface area contributed by atoms with Crippen LogP contribution in [-0.4, -0.2) is 33.4 Å². The maximum absolute atomic E-state index is 13.0. The third kappa shape index (κ3) is 5.34. The molecule has 2 aromatic carbocycles. The third-order valence-corrected chi connectivity index (χ3v) is 5.18. The molecule has 0 saturated heterocycles. The van der Waals surface area contributed by atoms with Crippen LogP contribution < -0.4 is 0 Å². The molecule has 0 spiro atoms. The zero-order valence-corrected chi connectivity index (χ0v) is 15.4. The molecule has 1 amide bonds. The van der Waals surface area contributed by atoms with E-state index in [1.807, 2.05) is 24.3 Å². The maximum Gasteiger partial charge on any atom is 0.323 e. The zero-order chi connectivity index (χ0) is 19.2. The Bertz CT molecular complexity index is 907. The van der Waals surface area contributed by atoms with Crippen molar-refractivity contribution in [3.63, 3.8) is 0 Å². The highest BCUT2D eigenvalue weighted by Gasteiger charge is 2.17. The molecule has 1 N–H and O–H groups in total. The number of aryl methyl sites for hydroxylation is 1. The van der Waals surface area contributed by atoms with Gasteiger partial charge in [-0.3, -0.25) is 9.59 Å². The number of benzene rings is 2. The molecule has 27 heavy (non-hydrogen) atoms. The van der Waals surface area contributed by atoms with Crippen LogP contribution in [0.1, 0.15) is 23.4 Å². The highest BCUT2D eigenvalue weighted by molar-refractivity contribution is 7.18. The monoisotopic (exact) mass is 386 g/mol. The molecule has 0 radical (unpaired) electrons. The number of nitrogens with zero attached hydrogens (tertiary/aromatic N) is 2. The molecule has 7 heteroatoms.